The summed E-state index contributed by atoms with van der Waals surface area (Å²) >= 11 is 0. The molecule has 0 aromatic carbocycles. The molecule has 23 heavy (non-hydrogen) atoms. The Hall–Kier alpha value is -1.59. The zero-order valence-electron chi connectivity index (χ0n) is 14.2. The van der Waals surface area contributed by atoms with Crippen molar-refractivity contribution < 1.29 is 19.5 Å². The van der Waals surface area contributed by atoms with Gasteiger partial charge in [-0.3, -0.25) is 14.4 Å². The molecule has 2 fully saturated rings. The van der Waals surface area contributed by atoms with Crippen LogP contribution in [0.5, 0.6) is 0 Å². The maximum absolute atomic E-state index is 12.7. The molecular weight excluding hydrogens is 296 g/mol. The third-order valence-corrected chi connectivity index (χ3v) is 5.20. The molecule has 1 N–H and O–H groups in total. The van der Waals surface area contributed by atoms with Crippen LogP contribution in [0.2, 0.25) is 0 Å². The van der Waals surface area contributed by atoms with Crippen molar-refractivity contribution >= 4 is 17.8 Å². The molecule has 0 aromatic rings. The third-order valence-electron chi connectivity index (χ3n) is 5.20. The minimum atomic E-state index is -0.820. The van der Waals surface area contributed by atoms with E-state index in [1.165, 1.54) is 0 Å². The van der Waals surface area contributed by atoms with Crippen molar-refractivity contribution in [3.05, 3.63) is 0 Å². The summed E-state index contributed by atoms with van der Waals surface area (Å²) in [4.78, 5) is 39.7. The van der Waals surface area contributed by atoms with E-state index >= 15 is 0 Å². The van der Waals surface area contributed by atoms with Gasteiger partial charge in [-0.25, -0.2) is 0 Å². The number of carboxylic acids is 1. The lowest BCUT2D eigenvalue weighted by atomic mass is 9.92. The highest BCUT2D eigenvalue weighted by molar-refractivity contribution is 5.83. The monoisotopic (exact) mass is 324 g/mol. The van der Waals surface area contributed by atoms with E-state index in [1.54, 1.807) is 4.90 Å². The van der Waals surface area contributed by atoms with E-state index in [2.05, 4.69) is 0 Å². The van der Waals surface area contributed by atoms with Crippen LogP contribution >= 0.6 is 0 Å². The first-order valence-electron chi connectivity index (χ1n) is 8.74. The fourth-order valence-electron chi connectivity index (χ4n) is 3.50. The Bertz CT molecular complexity index is 466. The molecule has 0 bridgehead atoms. The molecule has 6 heteroatoms. The van der Waals surface area contributed by atoms with E-state index in [0.717, 1.165) is 32.2 Å². The summed E-state index contributed by atoms with van der Waals surface area (Å²) in [5, 5.41) is 9.16. The Morgan fingerprint density at radius 3 is 2.22 bits per heavy atom. The lowest BCUT2D eigenvalue weighted by Gasteiger charge is -2.38. The summed E-state index contributed by atoms with van der Waals surface area (Å²) in [7, 11) is 0. The van der Waals surface area contributed by atoms with Gasteiger partial charge in [-0.2, -0.15) is 0 Å². The Balaban J connectivity index is 1.96. The summed E-state index contributed by atoms with van der Waals surface area (Å²) in [5.74, 6) is -1.29. The largest absolute Gasteiger partial charge is 0.481 e. The molecule has 2 saturated heterocycles. The van der Waals surface area contributed by atoms with E-state index < -0.39 is 11.9 Å². The number of hydrogen-bond donors (Lipinski definition) is 1. The van der Waals surface area contributed by atoms with Crippen LogP contribution in [0, 0.1) is 17.8 Å². The van der Waals surface area contributed by atoms with Gasteiger partial charge in [0.1, 0.15) is 0 Å². The number of piperidine rings is 2. The standard InChI is InChI=1S/C17H28N2O4/c1-3-12(2)15(20)18-8-4-6-13(10-18)16(21)19-9-5-7-14(11-19)17(22)23/h12-14H,3-11H2,1-2H3,(H,22,23). The van der Waals surface area contributed by atoms with Crippen LogP contribution in [0.3, 0.4) is 0 Å². The van der Waals surface area contributed by atoms with Gasteiger partial charge in [-0.15, -0.1) is 0 Å². The molecule has 130 valence electrons. The molecule has 2 aliphatic rings. The number of rotatable bonds is 4. The molecule has 0 aliphatic carbocycles. The molecule has 3 atom stereocenters. The van der Waals surface area contributed by atoms with Crippen molar-refractivity contribution in [2.45, 2.75) is 46.0 Å². The van der Waals surface area contributed by atoms with Crippen molar-refractivity contribution in [3.8, 4) is 0 Å². The summed E-state index contributed by atoms with van der Waals surface area (Å²) in [5.41, 5.74) is 0. The quantitative estimate of drug-likeness (QED) is 0.852. The lowest BCUT2D eigenvalue weighted by molar-refractivity contribution is -0.148. The van der Waals surface area contributed by atoms with Gasteiger partial charge in [0.15, 0.2) is 0 Å². The minimum Gasteiger partial charge on any atom is -0.481 e. The number of carbonyl (C=O) groups excluding carboxylic acids is 2. The van der Waals surface area contributed by atoms with Gasteiger partial charge in [-0.1, -0.05) is 13.8 Å². The average molecular weight is 324 g/mol. The number of aliphatic carboxylic acids is 1. The fraction of sp³-hybridized carbons (Fsp3) is 0.824. The first-order chi connectivity index (χ1) is 10.9. The molecule has 2 rings (SSSR count). The van der Waals surface area contributed by atoms with Gasteiger partial charge < -0.3 is 14.9 Å². The maximum atomic E-state index is 12.7. The first-order valence-corrected chi connectivity index (χ1v) is 8.74. The maximum Gasteiger partial charge on any atom is 0.308 e. The van der Waals surface area contributed by atoms with E-state index in [0.29, 0.717) is 26.1 Å². The molecule has 0 spiro atoms. The second-order valence-corrected chi connectivity index (χ2v) is 6.89. The number of nitrogens with zero attached hydrogens (tertiary/aromatic N) is 2. The van der Waals surface area contributed by atoms with Crippen LogP contribution in [0.25, 0.3) is 0 Å². The molecule has 2 amide bonds. The van der Waals surface area contributed by atoms with E-state index in [1.807, 2.05) is 18.7 Å². The summed E-state index contributed by atoms with van der Waals surface area (Å²) in [6, 6.07) is 0. The van der Waals surface area contributed by atoms with Crippen molar-refractivity contribution in [3.63, 3.8) is 0 Å². The van der Waals surface area contributed by atoms with Crippen molar-refractivity contribution in [2.24, 2.45) is 17.8 Å². The third kappa shape index (κ3) is 4.24. The average Bonchev–Trinajstić information content (AvgIpc) is 2.59. The van der Waals surface area contributed by atoms with Gasteiger partial charge in [-0.05, 0) is 32.1 Å². The Kier molecular flexibility index (Phi) is 6.02. The Labute approximate surface area is 137 Å². The van der Waals surface area contributed by atoms with Crippen molar-refractivity contribution in [2.75, 3.05) is 26.2 Å². The van der Waals surface area contributed by atoms with Crippen LogP contribution < -0.4 is 0 Å². The highest BCUT2D eigenvalue weighted by Gasteiger charge is 2.35. The number of hydrogen-bond acceptors (Lipinski definition) is 3. The molecular formula is C17H28N2O4. The predicted octanol–water partition coefficient (Wildman–Crippen LogP) is 1.59. The van der Waals surface area contributed by atoms with Crippen LogP contribution in [-0.2, 0) is 14.4 Å². The molecule has 3 unspecified atom stereocenters. The molecule has 2 heterocycles. The van der Waals surface area contributed by atoms with Crippen molar-refractivity contribution in [1.82, 2.24) is 9.80 Å². The number of amides is 2. The van der Waals surface area contributed by atoms with Gasteiger partial charge in [0, 0.05) is 32.1 Å². The van der Waals surface area contributed by atoms with Gasteiger partial charge in [0.05, 0.1) is 11.8 Å². The molecule has 2 aliphatic heterocycles. The molecule has 0 saturated carbocycles. The SMILES string of the molecule is CCC(C)C(=O)N1CCCC(C(=O)N2CCCC(C(=O)O)C2)C1. The van der Waals surface area contributed by atoms with E-state index in [4.69, 9.17) is 5.11 Å². The molecule has 0 radical (unpaired) electrons. The second kappa shape index (κ2) is 7.79. The zero-order chi connectivity index (χ0) is 17.0. The first kappa shape index (κ1) is 17.8. The minimum absolute atomic E-state index is 0.00442. The number of carbonyl (C=O) groups is 3. The Morgan fingerprint density at radius 1 is 1.04 bits per heavy atom. The van der Waals surface area contributed by atoms with Gasteiger partial charge >= 0.3 is 5.97 Å². The Morgan fingerprint density at radius 2 is 1.61 bits per heavy atom. The molecule has 6 nitrogen and oxygen atoms in total. The summed E-state index contributed by atoms with van der Waals surface area (Å²) in [6.07, 6.45) is 3.82. The normalized spacial score (nSPS) is 26.7. The van der Waals surface area contributed by atoms with Gasteiger partial charge in [0.25, 0.3) is 0 Å². The van der Waals surface area contributed by atoms with E-state index in [9.17, 15) is 14.4 Å². The van der Waals surface area contributed by atoms with Crippen LogP contribution in [0.1, 0.15) is 46.0 Å². The molecule has 0 aromatic heterocycles. The zero-order valence-corrected chi connectivity index (χ0v) is 14.2. The summed E-state index contributed by atoms with van der Waals surface area (Å²) < 4.78 is 0. The number of carboxylic acid groups (broad SMARTS) is 1. The fourth-order valence-corrected chi connectivity index (χ4v) is 3.50. The number of likely N-dealkylation sites (tertiary alicyclic amines) is 2. The topological polar surface area (TPSA) is 77.9 Å². The summed E-state index contributed by atoms with van der Waals surface area (Å²) in [6.45, 7) is 6.08. The van der Waals surface area contributed by atoms with Crippen LogP contribution in [0.4, 0.5) is 0 Å². The highest BCUT2D eigenvalue weighted by Crippen LogP contribution is 2.24. The lowest BCUT2D eigenvalue weighted by Crippen LogP contribution is -2.50. The van der Waals surface area contributed by atoms with Crippen LogP contribution in [-0.4, -0.2) is 58.9 Å². The van der Waals surface area contributed by atoms with E-state index in [-0.39, 0.29) is 23.7 Å². The van der Waals surface area contributed by atoms with Crippen LogP contribution in [0.15, 0.2) is 0 Å². The second-order valence-electron chi connectivity index (χ2n) is 6.89. The van der Waals surface area contributed by atoms with Gasteiger partial charge in [0.2, 0.25) is 11.8 Å². The van der Waals surface area contributed by atoms with Crippen molar-refractivity contribution in [1.29, 1.82) is 0 Å². The predicted molar refractivity (Wildman–Crippen MR) is 85.7 cm³/mol. The smallest absolute Gasteiger partial charge is 0.308 e. The highest BCUT2D eigenvalue weighted by atomic mass is 16.4.